The van der Waals surface area contributed by atoms with Crippen LogP contribution in [0.4, 0.5) is 0 Å². The number of fused-ring (bicyclic) bond motifs is 1. The van der Waals surface area contributed by atoms with Gasteiger partial charge in [-0.1, -0.05) is 0 Å². The Morgan fingerprint density at radius 3 is 2.67 bits per heavy atom. The Bertz CT molecular complexity index is 898. The summed E-state index contributed by atoms with van der Waals surface area (Å²) < 4.78 is 7.25. The van der Waals surface area contributed by atoms with E-state index in [9.17, 15) is 9.59 Å². The summed E-state index contributed by atoms with van der Waals surface area (Å²) in [7, 11) is 0. The van der Waals surface area contributed by atoms with Crippen molar-refractivity contribution in [1.82, 2.24) is 19.8 Å². The Kier molecular flexibility index (Phi) is 5.62. The van der Waals surface area contributed by atoms with E-state index in [1.165, 1.54) is 0 Å². The summed E-state index contributed by atoms with van der Waals surface area (Å²) in [5, 5.41) is 3.42. The van der Waals surface area contributed by atoms with Gasteiger partial charge in [0.05, 0.1) is 18.6 Å². The highest BCUT2D eigenvalue weighted by Gasteiger charge is 2.29. The van der Waals surface area contributed by atoms with Crippen molar-refractivity contribution in [3.05, 3.63) is 39.8 Å². The predicted molar refractivity (Wildman–Crippen MR) is 105 cm³/mol. The number of hydrogen-bond donors (Lipinski definition) is 1. The molecular weight excluding hydrogens is 344 g/mol. The van der Waals surface area contributed by atoms with E-state index >= 15 is 0 Å². The summed E-state index contributed by atoms with van der Waals surface area (Å²) in [5.41, 5.74) is 1.14. The number of pyridine rings is 2. The van der Waals surface area contributed by atoms with E-state index in [2.05, 4.69) is 29.0 Å². The van der Waals surface area contributed by atoms with Crippen LogP contribution in [-0.4, -0.2) is 58.7 Å². The minimum Gasteiger partial charge on any atom is -0.379 e. The standard InChI is InChI=1S/C20H28N4O3/c1-5-23-12-16(17(25)15-7-6-14(2)22-18(15)23)19(26)21-13-20(3,4)24-8-10-27-11-9-24/h6-7,12H,5,8-11,13H2,1-4H3,(H,21,26). The molecule has 1 N–H and O–H groups in total. The van der Waals surface area contributed by atoms with Crippen molar-refractivity contribution < 1.29 is 9.53 Å². The van der Waals surface area contributed by atoms with Gasteiger partial charge < -0.3 is 14.6 Å². The van der Waals surface area contributed by atoms with E-state index in [0.717, 1.165) is 18.8 Å². The van der Waals surface area contributed by atoms with E-state index in [0.29, 0.717) is 37.3 Å². The van der Waals surface area contributed by atoms with Gasteiger partial charge >= 0.3 is 0 Å². The van der Waals surface area contributed by atoms with Crippen molar-refractivity contribution in [1.29, 1.82) is 0 Å². The number of rotatable bonds is 5. The fourth-order valence-corrected chi connectivity index (χ4v) is 3.43. The van der Waals surface area contributed by atoms with Gasteiger partial charge in [0, 0.05) is 43.6 Å². The maximum absolute atomic E-state index is 12.8. The van der Waals surface area contributed by atoms with Gasteiger partial charge in [0.1, 0.15) is 11.2 Å². The average molecular weight is 372 g/mol. The normalized spacial score (nSPS) is 15.9. The van der Waals surface area contributed by atoms with Crippen molar-refractivity contribution in [2.75, 3.05) is 32.8 Å². The van der Waals surface area contributed by atoms with Gasteiger partial charge in [-0.3, -0.25) is 14.5 Å². The molecule has 0 radical (unpaired) electrons. The topological polar surface area (TPSA) is 76.5 Å². The Morgan fingerprint density at radius 1 is 1.30 bits per heavy atom. The van der Waals surface area contributed by atoms with Crippen molar-refractivity contribution in [2.45, 2.75) is 39.8 Å². The van der Waals surface area contributed by atoms with E-state index in [1.54, 1.807) is 18.3 Å². The molecule has 0 unspecified atom stereocenters. The second-order valence-electron chi connectivity index (χ2n) is 7.58. The first kappa shape index (κ1) is 19.5. The molecular formula is C20H28N4O3. The number of morpholine rings is 1. The van der Waals surface area contributed by atoms with E-state index in [1.807, 2.05) is 18.4 Å². The number of nitrogens with one attached hydrogen (secondary N) is 1. The van der Waals surface area contributed by atoms with Gasteiger partial charge in [0.25, 0.3) is 5.91 Å². The molecule has 1 aliphatic heterocycles. The number of carbonyl (C=O) groups is 1. The fourth-order valence-electron chi connectivity index (χ4n) is 3.43. The highest BCUT2D eigenvalue weighted by Crippen LogP contribution is 2.16. The first-order chi connectivity index (χ1) is 12.8. The van der Waals surface area contributed by atoms with Gasteiger partial charge in [0.2, 0.25) is 5.43 Å². The summed E-state index contributed by atoms with van der Waals surface area (Å²) in [5.74, 6) is -0.342. The quantitative estimate of drug-likeness (QED) is 0.862. The molecule has 0 aliphatic carbocycles. The number of aromatic nitrogens is 2. The smallest absolute Gasteiger partial charge is 0.256 e. The van der Waals surface area contributed by atoms with Crippen LogP contribution in [0.1, 0.15) is 36.8 Å². The Balaban J connectivity index is 1.84. The lowest BCUT2D eigenvalue weighted by atomic mass is 10.0. The maximum atomic E-state index is 12.8. The Hall–Kier alpha value is -2.25. The lowest BCUT2D eigenvalue weighted by Crippen LogP contribution is -2.55. The van der Waals surface area contributed by atoms with Crippen molar-refractivity contribution in [2.24, 2.45) is 0 Å². The molecule has 1 amide bonds. The first-order valence-electron chi connectivity index (χ1n) is 9.45. The van der Waals surface area contributed by atoms with E-state index in [-0.39, 0.29) is 22.4 Å². The van der Waals surface area contributed by atoms with Gasteiger partial charge in [-0.25, -0.2) is 4.98 Å². The zero-order chi connectivity index (χ0) is 19.6. The third-order valence-electron chi connectivity index (χ3n) is 5.19. The minimum atomic E-state index is -0.342. The van der Waals surface area contributed by atoms with Gasteiger partial charge in [-0.2, -0.15) is 0 Å². The lowest BCUT2D eigenvalue weighted by molar-refractivity contribution is -0.00923. The zero-order valence-corrected chi connectivity index (χ0v) is 16.5. The van der Waals surface area contributed by atoms with Crippen LogP contribution in [0.3, 0.4) is 0 Å². The van der Waals surface area contributed by atoms with Crippen LogP contribution in [-0.2, 0) is 11.3 Å². The number of aryl methyl sites for hydroxylation is 2. The van der Waals surface area contributed by atoms with Crippen LogP contribution in [0.5, 0.6) is 0 Å². The third kappa shape index (κ3) is 4.04. The molecule has 7 heteroatoms. The SMILES string of the molecule is CCn1cc(C(=O)NCC(C)(C)N2CCOCC2)c(=O)c2ccc(C)nc21. The fraction of sp³-hybridized carbons (Fsp3) is 0.550. The molecule has 0 aromatic carbocycles. The van der Waals surface area contributed by atoms with Crippen molar-refractivity contribution >= 4 is 16.9 Å². The Labute approximate surface area is 159 Å². The van der Waals surface area contributed by atoms with Gasteiger partial charge in [0.15, 0.2) is 0 Å². The van der Waals surface area contributed by atoms with Crippen molar-refractivity contribution in [3.8, 4) is 0 Å². The highest BCUT2D eigenvalue weighted by atomic mass is 16.5. The lowest BCUT2D eigenvalue weighted by Gasteiger charge is -2.40. The molecule has 1 saturated heterocycles. The second kappa shape index (κ2) is 7.78. The highest BCUT2D eigenvalue weighted by molar-refractivity contribution is 5.96. The van der Waals surface area contributed by atoms with Crippen LogP contribution in [0.2, 0.25) is 0 Å². The zero-order valence-electron chi connectivity index (χ0n) is 16.5. The number of nitrogens with zero attached hydrogens (tertiary/aromatic N) is 3. The molecule has 2 aromatic heterocycles. The average Bonchev–Trinajstić information content (AvgIpc) is 2.67. The summed E-state index contributed by atoms with van der Waals surface area (Å²) in [4.78, 5) is 32.4. The van der Waals surface area contributed by atoms with Crippen molar-refractivity contribution in [3.63, 3.8) is 0 Å². The molecule has 0 atom stereocenters. The number of carbonyl (C=O) groups excluding carboxylic acids is 1. The largest absolute Gasteiger partial charge is 0.379 e. The van der Waals surface area contributed by atoms with Crippen LogP contribution >= 0.6 is 0 Å². The van der Waals surface area contributed by atoms with E-state index in [4.69, 9.17) is 4.74 Å². The monoisotopic (exact) mass is 372 g/mol. The summed E-state index contributed by atoms with van der Waals surface area (Å²) in [6, 6.07) is 3.55. The molecule has 2 aromatic rings. The Morgan fingerprint density at radius 2 is 2.00 bits per heavy atom. The second-order valence-corrected chi connectivity index (χ2v) is 7.58. The number of hydrogen-bond acceptors (Lipinski definition) is 5. The molecule has 0 spiro atoms. The maximum Gasteiger partial charge on any atom is 0.256 e. The molecule has 7 nitrogen and oxygen atoms in total. The number of ether oxygens (including phenoxy) is 1. The van der Waals surface area contributed by atoms with Crippen LogP contribution in [0.15, 0.2) is 23.1 Å². The summed E-state index contributed by atoms with van der Waals surface area (Å²) in [6.45, 7) is 12.2. The molecule has 0 bridgehead atoms. The third-order valence-corrected chi connectivity index (χ3v) is 5.19. The van der Waals surface area contributed by atoms with E-state index < -0.39 is 0 Å². The van der Waals surface area contributed by atoms with Gasteiger partial charge in [-0.05, 0) is 39.8 Å². The first-order valence-corrected chi connectivity index (χ1v) is 9.45. The van der Waals surface area contributed by atoms with Gasteiger partial charge in [-0.15, -0.1) is 0 Å². The molecule has 1 fully saturated rings. The van der Waals surface area contributed by atoms with Crippen LogP contribution < -0.4 is 10.7 Å². The molecule has 3 heterocycles. The molecule has 27 heavy (non-hydrogen) atoms. The molecule has 0 saturated carbocycles. The van der Waals surface area contributed by atoms with Crippen LogP contribution in [0.25, 0.3) is 11.0 Å². The van der Waals surface area contributed by atoms with Crippen LogP contribution in [0, 0.1) is 6.92 Å². The molecule has 1 aliphatic rings. The number of amides is 1. The summed E-state index contributed by atoms with van der Waals surface area (Å²) >= 11 is 0. The minimum absolute atomic E-state index is 0.160. The molecule has 146 valence electrons. The molecule has 3 rings (SSSR count). The predicted octanol–water partition coefficient (Wildman–Crippen LogP) is 1.57. The summed E-state index contributed by atoms with van der Waals surface area (Å²) in [6.07, 6.45) is 1.62.